The van der Waals surface area contributed by atoms with Gasteiger partial charge in [0.1, 0.15) is 0 Å². The number of aliphatic hydroxyl groups excluding tert-OH is 1. The largest absolute Gasteiger partial charge is 0.396 e. The summed E-state index contributed by atoms with van der Waals surface area (Å²) >= 11 is 0. The number of nitrogens with two attached hydrogens (primary N) is 1. The summed E-state index contributed by atoms with van der Waals surface area (Å²) in [6.07, 6.45) is 3.30. The van der Waals surface area contributed by atoms with Crippen LogP contribution in [-0.4, -0.2) is 17.3 Å². The maximum absolute atomic E-state index is 8.99. The van der Waals surface area contributed by atoms with E-state index in [0.717, 1.165) is 6.42 Å². The number of aliphatic hydroxyl groups is 1. The second kappa shape index (κ2) is 3.00. The molecule has 0 spiro atoms. The molecule has 2 atom stereocenters. The zero-order chi connectivity index (χ0) is 9.41. The van der Waals surface area contributed by atoms with Gasteiger partial charge < -0.3 is 10.8 Å². The van der Waals surface area contributed by atoms with Crippen molar-refractivity contribution in [1.82, 2.24) is 0 Å². The Labute approximate surface area is 75.2 Å². The Morgan fingerprint density at radius 2 is 2.17 bits per heavy atom. The van der Waals surface area contributed by atoms with E-state index in [0.29, 0.717) is 5.92 Å². The number of rotatable bonds is 3. The molecule has 0 heterocycles. The van der Waals surface area contributed by atoms with Crippen molar-refractivity contribution in [2.45, 2.75) is 45.6 Å². The van der Waals surface area contributed by atoms with Crippen LogP contribution in [0.25, 0.3) is 0 Å². The van der Waals surface area contributed by atoms with Gasteiger partial charge in [0, 0.05) is 12.1 Å². The second-order valence-corrected chi connectivity index (χ2v) is 4.79. The monoisotopic (exact) mass is 171 g/mol. The van der Waals surface area contributed by atoms with Crippen LogP contribution >= 0.6 is 0 Å². The summed E-state index contributed by atoms with van der Waals surface area (Å²) in [5, 5.41) is 8.99. The predicted molar refractivity (Wildman–Crippen MR) is 50.8 cm³/mol. The average molecular weight is 171 g/mol. The van der Waals surface area contributed by atoms with Gasteiger partial charge in [-0.05, 0) is 44.4 Å². The predicted octanol–water partition coefficient (Wildman–Crippen LogP) is 1.52. The first kappa shape index (κ1) is 10.0. The molecule has 0 saturated heterocycles. The van der Waals surface area contributed by atoms with Crippen LogP contribution in [0, 0.1) is 11.3 Å². The van der Waals surface area contributed by atoms with Gasteiger partial charge >= 0.3 is 0 Å². The molecule has 1 aliphatic carbocycles. The first-order valence-corrected chi connectivity index (χ1v) is 4.84. The van der Waals surface area contributed by atoms with Crippen molar-refractivity contribution in [3.63, 3.8) is 0 Å². The molecule has 0 radical (unpaired) electrons. The van der Waals surface area contributed by atoms with E-state index in [4.69, 9.17) is 10.8 Å². The molecule has 2 nitrogen and oxygen atoms in total. The van der Waals surface area contributed by atoms with E-state index >= 15 is 0 Å². The molecule has 3 N–H and O–H groups in total. The highest BCUT2D eigenvalue weighted by Gasteiger charge is 2.51. The van der Waals surface area contributed by atoms with Gasteiger partial charge in [-0.3, -0.25) is 0 Å². The lowest BCUT2D eigenvalue weighted by atomic mass is 9.51. The lowest BCUT2D eigenvalue weighted by molar-refractivity contribution is -0.0450. The minimum atomic E-state index is -0.145. The summed E-state index contributed by atoms with van der Waals surface area (Å²) in [5.74, 6) is 0.671. The number of hydrogen-bond donors (Lipinski definition) is 2. The lowest BCUT2D eigenvalue weighted by Gasteiger charge is -2.56. The highest BCUT2D eigenvalue weighted by molar-refractivity contribution is 5.05. The molecule has 1 saturated carbocycles. The Bertz CT molecular complexity index is 162. The zero-order valence-electron chi connectivity index (χ0n) is 8.43. The van der Waals surface area contributed by atoms with Crippen LogP contribution in [0.2, 0.25) is 0 Å². The first-order valence-electron chi connectivity index (χ1n) is 4.84. The third kappa shape index (κ3) is 1.27. The molecule has 2 heteroatoms. The Kier molecular flexibility index (Phi) is 2.50. The van der Waals surface area contributed by atoms with Gasteiger partial charge in [0.05, 0.1) is 0 Å². The third-order valence-electron chi connectivity index (χ3n) is 3.81. The summed E-state index contributed by atoms with van der Waals surface area (Å²) in [4.78, 5) is 0. The molecule has 1 fully saturated rings. The SMILES string of the molecule is CC1CCC1(CCO)C(C)(C)N. The highest BCUT2D eigenvalue weighted by atomic mass is 16.3. The van der Waals surface area contributed by atoms with Crippen molar-refractivity contribution < 1.29 is 5.11 Å². The van der Waals surface area contributed by atoms with Crippen molar-refractivity contribution in [3.8, 4) is 0 Å². The molecule has 72 valence electrons. The molecule has 12 heavy (non-hydrogen) atoms. The van der Waals surface area contributed by atoms with Crippen LogP contribution in [0.5, 0.6) is 0 Å². The fraction of sp³-hybridized carbons (Fsp3) is 1.00. The Morgan fingerprint density at radius 3 is 2.25 bits per heavy atom. The molecule has 1 rings (SSSR count). The molecule has 0 aromatic rings. The molecular weight excluding hydrogens is 150 g/mol. The van der Waals surface area contributed by atoms with Gasteiger partial charge in [0.2, 0.25) is 0 Å². The molecule has 1 aliphatic rings. The molecule has 0 aromatic carbocycles. The van der Waals surface area contributed by atoms with Crippen molar-refractivity contribution in [2.75, 3.05) is 6.61 Å². The lowest BCUT2D eigenvalue weighted by Crippen LogP contribution is -2.59. The van der Waals surface area contributed by atoms with Gasteiger partial charge in [-0.25, -0.2) is 0 Å². The van der Waals surface area contributed by atoms with Crippen LogP contribution in [0.4, 0.5) is 0 Å². The fourth-order valence-electron chi connectivity index (χ4n) is 2.63. The van der Waals surface area contributed by atoms with E-state index in [1.54, 1.807) is 0 Å². The van der Waals surface area contributed by atoms with Crippen molar-refractivity contribution >= 4 is 0 Å². The van der Waals surface area contributed by atoms with Crippen LogP contribution in [0.3, 0.4) is 0 Å². The van der Waals surface area contributed by atoms with Crippen molar-refractivity contribution in [3.05, 3.63) is 0 Å². The minimum Gasteiger partial charge on any atom is -0.396 e. The zero-order valence-corrected chi connectivity index (χ0v) is 8.43. The van der Waals surface area contributed by atoms with E-state index in [-0.39, 0.29) is 17.6 Å². The van der Waals surface area contributed by atoms with Crippen LogP contribution in [0.15, 0.2) is 0 Å². The number of hydrogen-bond acceptors (Lipinski definition) is 2. The molecule has 0 aromatic heterocycles. The van der Waals surface area contributed by atoms with E-state index in [2.05, 4.69) is 20.8 Å². The third-order valence-corrected chi connectivity index (χ3v) is 3.81. The summed E-state index contributed by atoms with van der Waals surface area (Å²) in [5.41, 5.74) is 6.19. The standard InChI is InChI=1S/C10H21NO/c1-8-4-5-10(8,6-7-12)9(2,3)11/h8,12H,4-7,11H2,1-3H3. The first-order chi connectivity index (χ1) is 5.44. The van der Waals surface area contributed by atoms with Gasteiger partial charge in [-0.15, -0.1) is 0 Å². The topological polar surface area (TPSA) is 46.2 Å². The van der Waals surface area contributed by atoms with E-state index in [1.165, 1.54) is 12.8 Å². The highest BCUT2D eigenvalue weighted by Crippen LogP contribution is 2.54. The Morgan fingerprint density at radius 1 is 1.58 bits per heavy atom. The molecule has 0 amide bonds. The van der Waals surface area contributed by atoms with Gasteiger partial charge in [-0.1, -0.05) is 6.92 Å². The molecule has 0 bridgehead atoms. The van der Waals surface area contributed by atoms with Gasteiger partial charge in [0.25, 0.3) is 0 Å². The van der Waals surface area contributed by atoms with Crippen LogP contribution < -0.4 is 5.73 Å². The summed E-state index contributed by atoms with van der Waals surface area (Å²) in [7, 11) is 0. The molecule has 0 aliphatic heterocycles. The molecular formula is C10H21NO. The smallest absolute Gasteiger partial charge is 0.0437 e. The summed E-state index contributed by atoms with van der Waals surface area (Å²) < 4.78 is 0. The van der Waals surface area contributed by atoms with Gasteiger partial charge in [0.15, 0.2) is 0 Å². The minimum absolute atomic E-state index is 0.145. The fourth-order valence-corrected chi connectivity index (χ4v) is 2.63. The average Bonchev–Trinajstić information content (AvgIpc) is 1.94. The Balaban J connectivity index is 2.74. The summed E-state index contributed by atoms with van der Waals surface area (Å²) in [6.45, 7) is 6.68. The maximum Gasteiger partial charge on any atom is 0.0437 e. The van der Waals surface area contributed by atoms with Gasteiger partial charge in [-0.2, -0.15) is 0 Å². The van der Waals surface area contributed by atoms with E-state index < -0.39 is 0 Å². The van der Waals surface area contributed by atoms with Crippen LogP contribution in [0.1, 0.15) is 40.0 Å². The summed E-state index contributed by atoms with van der Waals surface area (Å²) in [6, 6.07) is 0. The normalized spacial score (nSPS) is 36.2. The van der Waals surface area contributed by atoms with E-state index in [9.17, 15) is 0 Å². The maximum atomic E-state index is 8.99. The van der Waals surface area contributed by atoms with Crippen molar-refractivity contribution in [2.24, 2.45) is 17.1 Å². The van der Waals surface area contributed by atoms with E-state index in [1.807, 2.05) is 0 Å². The quantitative estimate of drug-likeness (QED) is 0.676. The second-order valence-electron chi connectivity index (χ2n) is 4.79. The van der Waals surface area contributed by atoms with Crippen LogP contribution in [-0.2, 0) is 0 Å². The molecule has 2 unspecified atom stereocenters. The Hall–Kier alpha value is -0.0800. The van der Waals surface area contributed by atoms with Crippen molar-refractivity contribution in [1.29, 1.82) is 0 Å².